The van der Waals surface area contributed by atoms with Crippen LogP contribution in [0, 0.1) is 11.8 Å². The number of hydrogen-bond donors (Lipinski definition) is 11. The van der Waals surface area contributed by atoms with Crippen molar-refractivity contribution in [2.24, 2.45) is 17.0 Å². The van der Waals surface area contributed by atoms with Crippen molar-refractivity contribution < 1.29 is 79.6 Å². The predicted octanol–water partition coefficient (Wildman–Crippen LogP) is 1.87. The summed E-state index contributed by atoms with van der Waals surface area (Å²) in [6.45, 7) is 7.93. The van der Waals surface area contributed by atoms with Crippen LogP contribution in [-0.2, 0) is 28.5 Å². The van der Waals surface area contributed by atoms with Crippen LogP contribution in [0.3, 0.4) is 0 Å². The molecule has 3 rings (SSSR count). The van der Waals surface area contributed by atoms with Crippen molar-refractivity contribution in [1.82, 2.24) is 5.32 Å². The largest absolute Gasteiger partial charge is 0.462 e. The zero-order valence-electron chi connectivity index (χ0n) is 39.4. The highest BCUT2D eigenvalue weighted by Gasteiger charge is 2.49. The van der Waals surface area contributed by atoms with Crippen LogP contribution in [0.25, 0.3) is 10.4 Å². The Balaban J connectivity index is 1.90. The van der Waals surface area contributed by atoms with Gasteiger partial charge in [0.15, 0.2) is 12.1 Å². The van der Waals surface area contributed by atoms with Gasteiger partial charge in [0.05, 0.1) is 85.6 Å². The summed E-state index contributed by atoms with van der Waals surface area (Å²) < 4.78 is 23.5. The fourth-order valence-electron chi connectivity index (χ4n) is 8.21. The maximum Gasteiger partial charge on any atom is 0.308 e. The molecule has 3 aliphatic heterocycles. The summed E-state index contributed by atoms with van der Waals surface area (Å²) in [7, 11) is 0. The molecule has 2 bridgehead atoms. The highest BCUT2D eigenvalue weighted by atomic mass is 16.7. The van der Waals surface area contributed by atoms with Crippen molar-refractivity contribution in [3.63, 3.8) is 0 Å². The number of aliphatic hydroxyl groups is 10. The number of nitrogens with zero attached hydrogens (tertiary/aromatic N) is 3. The molecule has 382 valence electrons. The van der Waals surface area contributed by atoms with Gasteiger partial charge >= 0.3 is 5.97 Å². The Morgan fingerprint density at radius 2 is 1.31 bits per heavy atom. The van der Waals surface area contributed by atoms with Crippen LogP contribution in [-0.4, -0.2) is 166 Å². The molecular formula is C48H74N4O16. The maximum absolute atomic E-state index is 12.6. The lowest BCUT2D eigenvalue weighted by Gasteiger charge is -2.46. The quantitative estimate of drug-likeness (QED) is 0.0829. The number of nitrogens with one attached hydrogen (secondary N) is 1. The van der Waals surface area contributed by atoms with Crippen molar-refractivity contribution in [1.29, 1.82) is 0 Å². The summed E-state index contributed by atoms with van der Waals surface area (Å²) >= 11 is 0. The Bertz CT molecular complexity index is 1820. The van der Waals surface area contributed by atoms with Gasteiger partial charge in [-0.05, 0) is 38.6 Å². The third-order valence-electron chi connectivity index (χ3n) is 12.2. The van der Waals surface area contributed by atoms with Gasteiger partial charge < -0.3 is 75.3 Å². The van der Waals surface area contributed by atoms with E-state index in [9.17, 15) is 60.7 Å². The molecule has 2 saturated heterocycles. The summed E-state index contributed by atoms with van der Waals surface area (Å²) in [5.74, 6) is -4.25. The van der Waals surface area contributed by atoms with E-state index < -0.39 is 147 Å². The van der Waals surface area contributed by atoms with Gasteiger partial charge in [-0.15, -0.1) is 0 Å². The first kappa shape index (κ1) is 58.2. The lowest BCUT2D eigenvalue weighted by atomic mass is 9.87. The molecule has 11 N–H and O–H groups in total. The molecular weight excluding hydrogens is 889 g/mol. The third kappa shape index (κ3) is 19.7. The zero-order valence-corrected chi connectivity index (χ0v) is 39.4. The highest BCUT2D eigenvalue weighted by molar-refractivity contribution is 5.73. The number of azide groups is 1. The summed E-state index contributed by atoms with van der Waals surface area (Å²) in [6.07, 6.45) is 4.12. The number of carbonyl (C=O) groups is 2. The van der Waals surface area contributed by atoms with Gasteiger partial charge in [0.1, 0.15) is 12.2 Å². The SMILES string of the molecule is CC(=O)N[C@H]1C2C[C@@H](O[C@@H]3O[C@H](C)[C@@H](O)[C@H](N=[N+]=[N-])[C@@H]3O)/C=C/C=C/C=C/C=C/C=C/C=C/C=C/[C@H](C)[C@@H](O)[C@@H](C)[C@H](C)OC(=O)C[C@H](O)C[C@H](O)CC[C@@H](O)[C@H](O)C[C@H](O)C[C@](O)(C[C@@H]1O)O2. The number of aliphatic hydroxyl groups excluding tert-OH is 9. The number of carbonyl (C=O) groups excluding carboxylic acids is 2. The highest BCUT2D eigenvalue weighted by Crippen LogP contribution is 2.35. The Kier molecular flexibility index (Phi) is 25.0. The van der Waals surface area contributed by atoms with Gasteiger partial charge in [0.2, 0.25) is 5.91 Å². The van der Waals surface area contributed by atoms with Crippen molar-refractivity contribution in [2.75, 3.05) is 0 Å². The van der Waals surface area contributed by atoms with E-state index in [1.165, 1.54) is 13.8 Å². The first-order valence-electron chi connectivity index (χ1n) is 23.2. The number of fused-ring (bicyclic) bond motifs is 2. The average Bonchev–Trinajstić information content (AvgIpc) is 3.25. The number of rotatable bonds is 4. The molecule has 3 heterocycles. The van der Waals surface area contributed by atoms with Gasteiger partial charge in [-0.1, -0.05) is 104 Å². The zero-order chi connectivity index (χ0) is 50.6. The number of amides is 1. The molecule has 20 heteroatoms. The van der Waals surface area contributed by atoms with E-state index >= 15 is 0 Å². The fourth-order valence-corrected chi connectivity index (χ4v) is 8.21. The van der Waals surface area contributed by atoms with Crippen molar-refractivity contribution in [3.05, 3.63) is 95.5 Å². The summed E-state index contributed by atoms with van der Waals surface area (Å²) in [4.78, 5) is 27.7. The molecule has 1 amide bonds. The normalized spacial score (nSPS) is 43.8. The van der Waals surface area contributed by atoms with Gasteiger partial charge in [0.25, 0.3) is 0 Å². The van der Waals surface area contributed by atoms with E-state index in [1.54, 1.807) is 74.6 Å². The molecule has 0 saturated carbocycles. The number of allylic oxidation sites excluding steroid dienone is 12. The van der Waals surface area contributed by atoms with Crippen LogP contribution in [0.2, 0.25) is 0 Å². The van der Waals surface area contributed by atoms with Crippen molar-refractivity contribution >= 4 is 11.9 Å². The van der Waals surface area contributed by atoms with Crippen LogP contribution < -0.4 is 5.32 Å². The summed E-state index contributed by atoms with van der Waals surface area (Å²) in [6, 6.07) is -2.46. The number of ether oxygens (including phenoxy) is 4. The molecule has 0 radical (unpaired) electrons. The van der Waals surface area contributed by atoms with Crippen molar-refractivity contribution in [3.8, 4) is 0 Å². The lowest BCUT2D eigenvalue weighted by molar-refractivity contribution is -0.303. The Morgan fingerprint density at radius 1 is 0.721 bits per heavy atom. The van der Waals surface area contributed by atoms with Crippen LogP contribution in [0.1, 0.15) is 86.0 Å². The van der Waals surface area contributed by atoms with E-state index in [2.05, 4.69) is 15.3 Å². The number of cyclic esters (lactones) is 1. The first-order chi connectivity index (χ1) is 32.1. The minimum atomic E-state index is -2.25. The van der Waals surface area contributed by atoms with Crippen molar-refractivity contribution in [2.45, 2.75) is 189 Å². The van der Waals surface area contributed by atoms with Crippen LogP contribution in [0.5, 0.6) is 0 Å². The monoisotopic (exact) mass is 963 g/mol. The van der Waals surface area contributed by atoms with Crippen LogP contribution >= 0.6 is 0 Å². The van der Waals surface area contributed by atoms with E-state index in [4.69, 9.17) is 24.5 Å². The molecule has 0 aromatic rings. The Morgan fingerprint density at radius 3 is 1.90 bits per heavy atom. The molecule has 1 unspecified atom stereocenters. The number of hydrogen-bond acceptors (Lipinski definition) is 17. The van der Waals surface area contributed by atoms with Gasteiger partial charge in [-0.25, -0.2) is 0 Å². The maximum atomic E-state index is 12.6. The van der Waals surface area contributed by atoms with E-state index in [-0.39, 0.29) is 31.6 Å². The average molecular weight is 963 g/mol. The third-order valence-corrected chi connectivity index (χ3v) is 12.2. The Labute approximate surface area is 397 Å². The molecule has 0 aromatic carbocycles. The number of esters is 1. The lowest BCUT2D eigenvalue weighted by Crippen LogP contribution is -2.62. The molecule has 19 atom stereocenters. The molecule has 68 heavy (non-hydrogen) atoms. The fraction of sp³-hybridized carbons (Fsp3) is 0.667. The smallest absolute Gasteiger partial charge is 0.308 e. The molecule has 2 fully saturated rings. The predicted molar refractivity (Wildman–Crippen MR) is 248 cm³/mol. The van der Waals surface area contributed by atoms with Gasteiger partial charge in [-0.2, -0.15) is 0 Å². The molecule has 3 aliphatic rings. The molecule has 20 nitrogen and oxygen atoms in total. The molecule has 0 aromatic heterocycles. The minimum absolute atomic E-state index is 0.0990. The molecule has 0 aliphatic carbocycles. The van der Waals surface area contributed by atoms with E-state index in [1.807, 2.05) is 31.2 Å². The summed E-state index contributed by atoms with van der Waals surface area (Å²) in [5, 5.41) is 115. The summed E-state index contributed by atoms with van der Waals surface area (Å²) in [5.41, 5.74) is 9.11. The Hall–Kier alpha value is -4.09. The first-order valence-corrected chi connectivity index (χ1v) is 23.2. The minimum Gasteiger partial charge on any atom is -0.462 e. The second-order valence-electron chi connectivity index (χ2n) is 18.0. The van der Waals surface area contributed by atoms with Gasteiger partial charge in [0, 0.05) is 49.4 Å². The van der Waals surface area contributed by atoms with E-state index in [0.717, 1.165) is 0 Å². The van der Waals surface area contributed by atoms with E-state index in [0.29, 0.717) is 0 Å². The van der Waals surface area contributed by atoms with Gasteiger partial charge in [-0.3, -0.25) is 9.59 Å². The van der Waals surface area contributed by atoms with Crippen LogP contribution in [0.4, 0.5) is 0 Å². The topological polar surface area (TPSA) is 334 Å². The standard InChI is InChI=1S/C48H74N4O16/c1-28-18-16-14-12-10-8-6-7-9-11-13-15-17-19-36(67-47-46(63)43(51-52-49)45(62)31(4)66-47)25-40-42(50-32(5)53)39(59)27-48(64,68-40)26-35(56)23-38(58)37(57)21-20-33(54)22-34(55)24-41(60)65-30(3)29(2)44(28)61/h6-19,28-31,33-40,42-47,54-59,61-64H,20-27H2,1-5H3,(H,50,53)/b7-6+,10-8+,11-9+,14-12+,15-13+,18-16+,19-17+/t28-,29-,30-,31+,33+,34+,35-,36-,37+,38+,39-,40?,42+,43-,44+,45+,46-,47-,48+/m0/s1. The second kappa shape index (κ2) is 29.2. The second-order valence-corrected chi connectivity index (χ2v) is 18.0. The molecule has 0 spiro atoms. The van der Waals surface area contributed by atoms with Crippen LogP contribution in [0.15, 0.2) is 90.2 Å².